The molecule has 1 aliphatic carbocycles. The molecule has 0 radical (unpaired) electrons. The fourth-order valence-electron chi connectivity index (χ4n) is 2.32. The van der Waals surface area contributed by atoms with Gasteiger partial charge in [-0.25, -0.2) is 0 Å². The summed E-state index contributed by atoms with van der Waals surface area (Å²) in [6.45, 7) is 9.42. The smallest absolute Gasteiger partial charge is 0.308 e. The Labute approximate surface area is 109 Å². The summed E-state index contributed by atoms with van der Waals surface area (Å²) in [5, 5.41) is 0. The van der Waals surface area contributed by atoms with Gasteiger partial charge in [-0.1, -0.05) is 31.4 Å². The molecular formula is C15H22O3. The van der Waals surface area contributed by atoms with Gasteiger partial charge in [-0.2, -0.15) is 0 Å². The molecule has 3 nitrogen and oxygen atoms in total. The Bertz CT molecular complexity index is 344. The summed E-state index contributed by atoms with van der Waals surface area (Å²) >= 11 is 0. The minimum Gasteiger partial charge on any atom is -0.469 e. The first-order valence-corrected chi connectivity index (χ1v) is 6.30. The molecule has 0 aliphatic heterocycles. The number of carbonyl (C=O) groups excluding carboxylic acids is 1. The molecule has 1 aliphatic rings. The highest BCUT2D eigenvalue weighted by Crippen LogP contribution is 2.30. The van der Waals surface area contributed by atoms with Gasteiger partial charge in [0.2, 0.25) is 0 Å². The van der Waals surface area contributed by atoms with Crippen LogP contribution in [-0.4, -0.2) is 25.3 Å². The molecule has 0 aromatic rings. The van der Waals surface area contributed by atoms with E-state index in [9.17, 15) is 4.79 Å². The second-order valence-corrected chi connectivity index (χ2v) is 4.54. The summed E-state index contributed by atoms with van der Waals surface area (Å²) in [4.78, 5) is 11.4. The topological polar surface area (TPSA) is 35.5 Å². The van der Waals surface area contributed by atoms with Crippen LogP contribution in [0.2, 0.25) is 0 Å². The van der Waals surface area contributed by atoms with E-state index in [4.69, 9.17) is 9.47 Å². The van der Waals surface area contributed by atoms with Gasteiger partial charge in [0.25, 0.3) is 0 Å². The molecule has 0 amide bonds. The van der Waals surface area contributed by atoms with Gasteiger partial charge in [0.15, 0.2) is 0 Å². The molecule has 0 aromatic carbocycles. The Hall–Kier alpha value is -1.35. The van der Waals surface area contributed by atoms with Gasteiger partial charge in [-0.3, -0.25) is 4.79 Å². The largest absolute Gasteiger partial charge is 0.469 e. The molecule has 0 N–H and O–H groups in total. The van der Waals surface area contributed by atoms with Crippen LogP contribution in [0.4, 0.5) is 0 Å². The average Bonchev–Trinajstić information content (AvgIpc) is 2.83. The third kappa shape index (κ3) is 3.84. The van der Waals surface area contributed by atoms with E-state index in [-0.39, 0.29) is 24.1 Å². The third-order valence-electron chi connectivity index (χ3n) is 3.33. The fraction of sp³-hybridized carbons (Fsp3) is 0.533. The summed E-state index contributed by atoms with van der Waals surface area (Å²) < 4.78 is 10.7. The van der Waals surface area contributed by atoms with Crippen molar-refractivity contribution in [1.82, 2.24) is 0 Å². The van der Waals surface area contributed by atoms with E-state index in [0.29, 0.717) is 0 Å². The van der Waals surface area contributed by atoms with Crippen molar-refractivity contribution in [3.63, 3.8) is 0 Å². The number of hydrogen-bond acceptors (Lipinski definition) is 3. The third-order valence-corrected chi connectivity index (χ3v) is 3.33. The average molecular weight is 250 g/mol. The minimum atomic E-state index is -0.126. The lowest BCUT2D eigenvalue weighted by molar-refractivity contribution is -0.145. The zero-order valence-corrected chi connectivity index (χ0v) is 11.2. The molecule has 18 heavy (non-hydrogen) atoms. The first-order valence-electron chi connectivity index (χ1n) is 6.30. The molecule has 1 saturated carbocycles. The van der Waals surface area contributed by atoms with Gasteiger partial charge >= 0.3 is 5.97 Å². The summed E-state index contributed by atoms with van der Waals surface area (Å²) in [6, 6.07) is 0. The molecule has 100 valence electrons. The van der Waals surface area contributed by atoms with E-state index >= 15 is 0 Å². The van der Waals surface area contributed by atoms with Crippen molar-refractivity contribution >= 4 is 5.97 Å². The maximum atomic E-state index is 11.4. The molecule has 0 aromatic heterocycles. The molecule has 0 spiro atoms. The van der Waals surface area contributed by atoms with Crippen LogP contribution >= 0.6 is 0 Å². The van der Waals surface area contributed by atoms with Crippen LogP contribution in [0.5, 0.6) is 0 Å². The zero-order valence-electron chi connectivity index (χ0n) is 11.2. The van der Waals surface area contributed by atoms with Gasteiger partial charge in [0.1, 0.15) is 0 Å². The Balaban J connectivity index is 2.49. The lowest BCUT2D eigenvalue weighted by Gasteiger charge is -2.19. The first-order chi connectivity index (χ1) is 8.62. The van der Waals surface area contributed by atoms with Crippen molar-refractivity contribution in [2.75, 3.05) is 7.11 Å². The van der Waals surface area contributed by atoms with Crippen LogP contribution in [0.25, 0.3) is 0 Å². The number of esters is 1. The summed E-state index contributed by atoms with van der Waals surface area (Å²) in [5.41, 5.74) is 1.01. The SMILES string of the molecule is C=C/C=C(\C=C)[C@H](C)O[C@H]1CC[C@@H](C(=O)OC)C1. The highest BCUT2D eigenvalue weighted by molar-refractivity contribution is 5.72. The molecule has 0 bridgehead atoms. The number of rotatable bonds is 6. The quantitative estimate of drug-likeness (QED) is 0.537. The number of ether oxygens (including phenoxy) is 2. The van der Waals surface area contributed by atoms with Gasteiger partial charge < -0.3 is 9.47 Å². The number of methoxy groups -OCH3 is 1. The highest BCUT2D eigenvalue weighted by atomic mass is 16.5. The van der Waals surface area contributed by atoms with Gasteiger partial charge in [0, 0.05) is 0 Å². The van der Waals surface area contributed by atoms with Crippen molar-refractivity contribution in [3.8, 4) is 0 Å². The van der Waals surface area contributed by atoms with Gasteiger partial charge in [-0.15, -0.1) is 0 Å². The van der Waals surface area contributed by atoms with E-state index in [0.717, 1.165) is 24.8 Å². The fourth-order valence-corrected chi connectivity index (χ4v) is 2.32. The maximum Gasteiger partial charge on any atom is 0.308 e. The monoisotopic (exact) mass is 250 g/mol. The van der Waals surface area contributed by atoms with E-state index in [2.05, 4.69) is 13.2 Å². The molecule has 1 rings (SSSR count). The van der Waals surface area contributed by atoms with Crippen LogP contribution in [0.15, 0.2) is 37.0 Å². The molecule has 0 saturated heterocycles. The molecular weight excluding hydrogens is 228 g/mol. The standard InChI is InChI=1S/C15H22O3/c1-5-7-12(6-2)11(3)18-14-9-8-13(10-14)15(16)17-4/h5-7,11,13-14H,1-2,8-10H2,3-4H3/b12-7+/t11-,13+,14-/m0/s1. The highest BCUT2D eigenvalue weighted by Gasteiger charge is 2.32. The van der Waals surface area contributed by atoms with E-state index < -0.39 is 0 Å². The van der Waals surface area contributed by atoms with E-state index in [1.165, 1.54) is 7.11 Å². The normalized spacial score (nSPS) is 25.6. The predicted molar refractivity (Wildman–Crippen MR) is 72.2 cm³/mol. The maximum absolute atomic E-state index is 11.4. The zero-order chi connectivity index (χ0) is 13.5. The van der Waals surface area contributed by atoms with Crippen LogP contribution < -0.4 is 0 Å². The lowest BCUT2D eigenvalue weighted by Crippen LogP contribution is -2.20. The summed E-state index contributed by atoms with van der Waals surface area (Å²) in [6.07, 6.45) is 7.99. The molecule has 0 heterocycles. The number of carbonyl (C=O) groups is 1. The van der Waals surface area contributed by atoms with Crippen molar-refractivity contribution < 1.29 is 14.3 Å². The second kappa shape index (κ2) is 7.17. The lowest BCUT2D eigenvalue weighted by atomic mass is 10.1. The Kier molecular flexibility index (Phi) is 5.86. The first kappa shape index (κ1) is 14.7. The van der Waals surface area contributed by atoms with Crippen LogP contribution in [0.1, 0.15) is 26.2 Å². The second-order valence-electron chi connectivity index (χ2n) is 4.54. The van der Waals surface area contributed by atoms with Gasteiger partial charge in [-0.05, 0) is 31.8 Å². The number of hydrogen-bond donors (Lipinski definition) is 0. The number of allylic oxidation sites excluding steroid dienone is 2. The Morgan fingerprint density at radius 1 is 1.39 bits per heavy atom. The summed E-state index contributed by atoms with van der Waals surface area (Å²) in [5.74, 6) is -0.137. The van der Waals surface area contributed by atoms with E-state index in [1.807, 2.05) is 13.0 Å². The van der Waals surface area contributed by atoms with Crippen molar-refractivity contribution in [2.45, 2.75) is 38.4 Å². The molecule has 3 atom stereocenters. The molecule has 3 heteroatoms. The van der Waals surface area contributed by atoms with E-state index in [1.54, 1.807) is 12.2 Å². The van der Waals surface area contributed by atoms with Crippen molar-refractivity contribution in [1.29, 1.82) is 0 Å². The van der Waals surface area contributed by atoms with Crippen molar-refractivity contribution in [3.05, 3.63) is 37.0 Å². The van der Waals surface area contributed by atoms with Crippen LogP contribution in [0.3, 0.4) is 0 Å². The molecule has 0 unspecified atom stereocenters. The van der Waals surface area contributed by atoms with Gasteiger partial charge in [0.05, 0.1) is 25.2 Å². The Morgan fingerprint density at radius 2 is 2.11 bits per heavy atom. The predicted octanol–water partition coefficient (Wildman–Crippen LogP) is 3.03. The van der Waals surface area contributed by atoms with Crippen LogP contribution in [0, 0.1) is 5.92 Å². The Morgan fingerprint density at radius 3 is 2.67 bits per heavy atom. The van der Waals surface area contributed by atoms with Crippen LogP contribution in [-0.2, 0) is 14.3 Å². The molecule has 1 fully saturated rings. The van der Waals surface area contributed by atoms with Crippen molar-refractivity contribution in [2.24, 2.45) is 5.92 Å². The minimum absolute atomic E-state index is 0.0113. The summed E-state index contributed by atoms with van der Waals surface area (Å²) in [7, 11) is 1.43.